The number of halogens is 1. The van der Waals surface area contributed by atoms with Gasteiger partial charge in [0.1, 0.15) is 11.7 Å². The Kier molecular flexibility index (Phi) is 5.31. The zero-order valence-electron chi connectivity index (χ0n) is 8.64. The van der Waals surface area contributed by atoms with E-state index >= 15 is 0 Å². The molecular weight excluding hydrogens is 221 g/mol. The molecule has 0 spiro atoms. The van der Waals surface area contributed by atoms with E-state index in [4.69, 9.17) is 5.14 Å². The lowest BCUT2D eigenvalue weighted by Gasteiger charge is -2.07. The first-order valence-electron chi connectivity index (χ1n) is 4.13. The molecular formula is C8H14FN3O2S. The summed E-state index contributed by atoms with van der Waals surface area (Å²) in [7, 11) is -3.60. The Balaban J connectivity index is 4.77. The second-order valence-electron chi connectivity index (χ2n) is 3.09. The van der Waals surface area contributed by atoms with Crippen LogP contribution in [0.5, 0.6) is 0 Å². The van der Waals surface area contributed by atoms with E-state index in [1.165, 1.54) is 6.92 Å². The summed E-state index contributed by atoms with van der Waals surface area (Å²) >= 11 is 0. The summed E-state index contributed by atoms with van der Waals surface area (Å²) in [6.07, 6.45) is 0.948. The van der Waals surface area contributed by atoms with Crippen LogP contribution in [0.15, 0.2) is 22.0 Å². The van der Waals surface area contributed by atoms with E-state index in [-0.39, 0.29) is 11.6 Å². The summed E-state index contributed by atoms with van der Waals surface area (Å²) in [6.45, 7) is 6.01. The maximum absolute atomic E-state index is 12.3. The van der Waals surface area contributed by atoms with Crippen molar-refractivity contribution in [2.24, 2.45) is 21.0 Å². The van der Waals surface area contributed by atoms with Gasteiger partial charge in [0, 0.05) is 5.92 Å². The molecule has 0 aliphatic heterocycles. The molecule has 7 heteroatoms. The molecule has 0 fully saturated rings. The predicted molar refractivity (Wildman–Crippen MR) is 59.0 cm³/mol. The molecule has 0 aromatic carbocycles. The topological polar surface area (TPSA) is 84.9 Å². The average molecular weight is 235 g/mol. The number of sulfonamides is 1. The van der Waals surface area contributed by atoms with Crippen LogP contribution >= 0.6 is 0 Å². The number of rotatable bonds is 4. The van der Waals surface area contributed by atoms with Gasteiger partial charge in [-0.2, -0.15) is 0 Å². The standard InChI is InChI=1S/C8H14FN3O2S/c1-6(5-15(10,13)14)8(11-3)12-4-7(2)9/h4,6H,3,5H2,1-2H3,(H2,10,13,14)/b7-4+,12-8-/t6-/m0/s1. The van der Waals surface area contributed by atoms with E-state index in [2.05, 4.69) is 16.7 Å². The molecule has 0 radical (unpaired) electrons. The molecule has 5 nitrogen and oxygen atoms in total. The lowest BCUT2D eigenvalue weighted by atomic mass is 10.2. The first-order chi connectivity index (χ1) is 6.76. The van der Waals surface area contributed by atoms with E-state index in [0.717, 1.165) is 6.20 Å². The van der Waals surface area contributed by atoms with Crippen LogP contribution in [-0.4, -0.2) is 26.7 Å². The third-order valence-electron chi connectivity index (χ3n) is 1.46. The van der Waals surface area contributed by atoms with Crippen molar-refractivity contribution in [1.82, 2.24) is 0 Å². The van der Waals surface area contributed by atoms with Gasteiger partial charge in [-0.25, -0.2) is 27.9 Å². The summed E-state index contributed by atoms with van der Waals surface area (Å²) in [5.74, 6) is -1.18. The van der Waals surface area contributed by atoms with E-state index in [9.17, 15) is 12.8 Å². The Morgan fingerprint density at radius 3 is 2.53 bits per heavy atom. The van der Waals surface area contributed by atoms with Gasteiger partial charge in [-0.15, -0.1) is 0 Å². The monoisotopic (exact) mass is 235 g/mol. The van der Waals surface area contributed by atoms with Crippen molar-refractivity contribution in [2.45, 2.75) is 13.8 Å². The van der Waals surface area contributed by atoms with Gasteiger partial charge in [0.2, 0.25) is 10.0 Å². The van der Waals surface area contributed by atoms with E-state index < -0.39 is 21.8 Å². The first kappa shape index (κ1) is 13.9. The second kappa shape index (κ2) is 5.72. The molecule has 15 heavy (non-hydrogen) atoms. The highest BCUT2D eigenvalue weighted by atomic mass is 32.2. The van der Waals surface area contributed by atoms with Crippen molar-refractivity contribution in [2.75, 3.05) is 5.75 Å². The Morgan fingerprint density at radius 2 is 2.20 bits per heavy atom. The molecule has 0 saturated carbocycles. The van der Waals surface area contributed by atoms with Gasteiger partial charge >= 0.3 is 0 Å². The predicted octanol–water partition coefficient (Wildman–Crippen LogP) is 0.841. The summed E-state index contributed by atoms with van der Waals surface area (Å²) < 4.78 is 33.9. The molecule has 0 aromatic rings. The van der Waals surface area contributed by atoms with E-state index in [1.807, 2.05) is 0 Å². The fourth-order valence-electron chi connectivity index (χ4n) is 0.902. The van der Waals surface area contributed by atoms with Gasteiger partial charge in [-0.05, 0) is 13.6 Å². The molecule has 0 aliphatic carbocycles. The summed E-state index contributed by atoms with van der Waals surface area (Å²) in [5, 5.41) is 4.85. The van der Waals surface area contributed by atoms with Crippen molar-refractivity contribution in [3.63, 3.8) is 0 Å². The minimum atomic E-state index is -3.60. The van der Waals surface area contributed by atoms with Crippen LogP contribution in [0.25, 0.3) is 0 Å². The van der Waals surface area contributed by atoms with Crippen LogP contribution in [0.1, 0.15) is 13.8 Å². The number of hydrogen-bond donors (Lipinski definition) is 1. The smallest absolute Gasteiger partial charge is 0.209 e. The highest BCUT2D eigenvalue weighted by Crippen LogP contribution is 2.04. The summed E-state index contributed by atoms with van der Waals surface area (Å²) in [5.41, 5.74) is 0. The number of amidine groups is 1. The van der Waals surface area contributed by atoms with E-state index in [1.54, 1.807) is 6.92 Å². The van der Waals surface area contributed by atoms with Crippen molar-refractivity contribution >= 4 is 22.6 Å². The second-order valence-corrected chi connectivity index (χ2v) is 4.75. The third kappa shape index (κ3) is 6.92. The van der Waals surface area contributed by atoms with Crippen LogP contribution in [-0.2, 0) is 10.0 Å². The highest BCUT2D eigenvalue weighted by Gasteiger charge is 2.15. The maximum atomic E-state index is 12.3. The van der Waals surface area contributed by atoms with Crippen molar-refractivity contribution in [1.29, 1.82) is 0 Å². The van der Waals surface area contributed by atoms with Gasteiger partial charge in [0.05, 0.1) is 12.0 Å². The molecule has 86 valence electrons. The fraction of sp³-hybridized carbons (Fsp3) is 0.500. The SMILES string of the molecule is C=N/C(=N\C=C(/C)F)[C@@H](C)CS(N)(=O)=O. The molecule has 0 amide bonds. The number of primary sulfonamides is 1. The molecule has 0 rings (SSSR count). The van der Waals surface area contributed by atoms with Crippen LogP contribution in [0.2, 0.25) is 0 Å². The van der Waals surface area contributed by atoms with Crippen LogP contribution in [0.3, 0.4) is 0 Å². The lowest BCUT2D eigenvalue weighted by molar-refractivity contribution is 0.592. The van der Waals surface area contributed by atoms with Crippen LogP contribution in [0, 0.1) is 5.92 Å². The summed E-state index contributed by atoms with van der Waals surface area (Å²) in [6, 6.07) is 0. The van der Waals surface area contributed by atoms with E-state index in [0.29, 0.717) is 0 Å². The highest BCUT2D eigenvalue weighted by molar-refractivity contribution is 7.89. The fourth-order valence-corrected chi connectivity index (χ4v) is 1.75. The van der Waals surface area contributed by atoms with Gasteiger partial charge < -0.3 is 0 Å². The Morgan fingerprint density at radius 1 is 1.67 bits per heavy atom. The Bertz CT molecular complexity index is 383. The van der Waals surface area contributed by atoms with Crippen LogP contribution in [0.4, 0.5) is 4.39 Å². The number of nitrogens with zero attached hydrogens (tertiary/aromatic N) is 2. The van der Waals surface area contributed by atoms with Gasteiger partial charge in [-0.3, -0.25) is 0 Å². The number of aliphatic imine (C=N–C) groups is 2. The summed E-state index contributed by atoms with van der Waals surface area (Å²) in [4.78, 5) is 7.17. The molecule has 0 aliphatic rings. The molecule has 0 heterocycles. The van der Waals surface area contributed by atoms with Crippen molar-refractivity contribution in [3.05, 3.63) is 12.0 Å². The van der Waals surface area contributed by atoms with Crippen LogP contribution < -0.4 is 5.14 Å². The third-order valence-corrected chi connectivity index (χ3v) is 2.42. The largest absolute Gasteiger partial charge is 0.249 e. The number of hydrogen-bond acceptors (Lipinski definition) is 3. The number of allylic oxidation sites excluding steroid dienone is 1. The molecule has 0 bridgehead atoms. The molecule has 0 aromatic heterocycles. The number of nitrogens with two attached hydrogens (primary N) is 1. The van der Waals surface area contributed by atoms with Gasteiger partial charge in [-0.1, -0.05) is 6.92 Å². The van der Waals surface area contributed by atoms with Gasteiger partial charge in [0.15, 0.2) is 0 Å². The van der Waals surface area contributed by atoms with Crippen molar-refractivity contribution in [3.8, 4) is 0 Å². The van der Waals surface area contributed by atoms with Gasteiger partial charge in [0.25, 0.3) is 0 Å². The minimum absolute atomic E-state index is 0.140. The quantitative estimate of drug-likeness (QED) is 0.578. The first-order valence-corrected chi connectivity index (χ1v) is 5.85. The average Bonchev–Trinajstić information content (AvgIpc) is 2.01. The molecule has 0 saturated heterocycles. The minimum Gasteiger partial charge on any atom is -0.249 e. The molecule has 0 unspecified atom stereocenters. The van der Waals surface area contributed by atoms with Crippen molar-refractivity contribution < 1.29 is 12.8 Å². The maximum Gasteiger partial charge on any atom is 0.209 e. The zero-order chi connectivity index (χ0) is 12.1. The molecule has 2 N–H and O–H groups in total. The zero-order valence-corrected chi connectivity index (χ0v) is 9.46. The lowest BCUT2D eigenvalue weighted by Crippen LogP contribution is -2.25. The Hall–Kier alpha value is -1.08. The Labute approximate surface area is 88.7 Å². The normalized spacial score (nSPS) is 16.3. The molecule has 1 atom stereocenters.